The Morgan fingerprint density at radius 1 is 0.971 bits per heavy atom. The fraction of sp³-hybridized carbons (Fsp3) is 0.222. The van der Waals surface area contributed by atoms with E-state index in [1.54, 1.807) is 6.07 Å². The molecule has 4 rings (SSSR count). The average molecular weight is 483 g/mol. The maximum Gasteiger partial charge on any atom is 0.326 e. The number of carbonyl (C=O) groups is 1. The molecular weight excluding hydrogens is 458 g/mol. The first-order valence-corrected chi connectivity index (χ1v) is 11.7. The van der Waals surface area contributed by atoms with Gasteiger partial charge in [-0.05, 0) is 48.7 Å². The van der Waals surface area contributed by atoms with Gasteiger partial charge >= 0.3 is 6.03 Å². The van der Waals surface area contributed by atoms with Crippen LogP contribution in [0.25, 0.3) is 22.1 Å². The van der Waals surface area contributed by atoms with Crippen molar-refractivity contribution in [3.05, 3.63) is 82.9 Å². The van der Waals surface area contributed by atoms with E-state index in [1.807, 2.05) is 30.3 Å². The number of nitrogens with one attached hydrogen (secondary N) is 2. The van der Waals surface area contributed by atoms with E-state index < -0.39 is 17.7 Å². The molecule has 1 aromatic heterocycles. The minimum absolute atomic E-state index is 0.149. The van der Waals surface area contributed by atoms with Gasteiger partial charge in [0.05, 0.1) is 11.3 Å². The summed E-state index contributed by atoms with van der Waals surface area (Å²) in [5.74, 6) is -1.42. The zero-order chi connectivity index (χ0) is 24.1. The Labute approximate surface area is 201 Å². The molecule has 0 unspecified atom stereocenters. The van der Waals surface area contributed by atoms with E-state index in [1.165, 1.54) is 24.8 Å². The average Bonchev–Trinajstić information content (AvgIpc) is 3.15. The van der Waals surface area contributed by atoms with Crippen LogP contribution in [0.4, 0.5) is 25.1 Å². The minimum Gasteiger partial charge on any atom is -0.440 e. The highest BCUT2D eigenvalue weighted by atomic mass is 35.5. The second kappa shape index (κ2) is 10.7. The Kier molecular flexibility index (Phi) is 7.48. The summed E-state index contributed by atoms with van der Waals surface area (Å²) in [5.41, 5.74) is 2.96. The summed E-state index contributed by atoms with van der Waals surface area (Å²) in [7, 11) is 0. The fourth-order valence-electron chi connectivity index (χ4n) is 3.92. The monoisotopic (exact) mass is 482 g/mol. The van der Waals surface area contributed by atoms with Crippen LogP contribution in [0.15, 0.2) is 65.1 Å². The van der Waals surface area contributed by atoms with Gasteiger partial charge in [-0.15, -0.1) is 0 Å². The van der Waals surface area contributed by atoms with Crippen LogP contribution in [0, 0.1) is 11.6 Å². The molecule has 0 bridgehead atoms. The second-order valence-corrected chi connectivity index (χ2v) is 8.54. The second-order valence-electron chi connectivity index (χ2n) is 8.13. The number of amides is 2. The Hall–Kier alpha value is -3.38. The fourth-order valence-corrected chi connectivity index (χ4v) is 4.15. The number of hydrogen-bond acceptors (Lipinski definition) is 2. The van der Waals surface area contributed by atoms with Crippen LogP contribution < -0.4 is 10.6 Å². The first kappa shape index (κ1) is 23.8. The van der Waals surface area contributed by atoms with E-state index in [9.17, 15) is 13.6 Å². The number of furan rings is 1. The molecule has 2 amide bonds. The van der Waals surface area contributed by atoms with E-state index in [2.05, 4.69) is 23.6 Å². The predicted octanol–water partition coefficient (Wildman–Crippen LogP) is 8.80. The lowest BCUT2D eigenvalue weighted by atomic mass is 10.00. The van der Waals surface area contributed by atoms with Crippen LogP contribution in [-0.4, -0.2) is 6.03 Å². The third-order valence-corrected chi connectivity index (χ3v) is 5.95. The molecule has 0 radical (unpaired) electrons. The number of rotatable bonds is 8. The van der Waals surface area contributed by atoms with Crippen LogP contribution in [0.1, 0.15) is 38.2 Å². The van der Waals surface area contributed by atoms with Gasteiger partial charge in [-0.1, -0.05) is 62.1 Å². The summed E-state index contributed by atoms with van der Waals surface area (Å²) in [6.07, 6.45) is 5.59. The molecule has 0 aliphatic carbocycles. The highest BCUT2D eigenvalue weighted by molar-refractivity contribution is 6.34. The molecule has 0 aliphatic rings. The number of benzene rings is 3. The molecule has 7 heteroatoms. The van der Waals surface area contributed by atoms with Crippen molar-refractivity contribution in [2.45, 2.75) is 39.0 Å². The first-order chi connectivity index (χ1) is 16.5. The molecule has 0 fully saturated rings. The summed E-state index contributed by atoms with van der Waals surface area (Å²) < 4.78 is 33.1. The summed E-state index contributed by atoms with van der Waals surface area (Å²) in [4.78, 5) is 12.7. The Balaban J connectivity index is 1.68. The molecule has 1 heterocycles. The van der Waals surface area contributed by atoms with Gasteiger partial charge in [0.1, 0.15) is 17.2 Å². The molecule has 2 N–H and O–H groups in total. The molecule has 0 saturated carbocycles. The number of carbonyl (C=O) groups excluding carboxylic acids is 1. The van der Waals surface area contributed by atoms with E-state index in [0.717, 1.165) is 30.4 Å². The third kappa shape index (κ3) is 5.39. The molecule has 0 saturated heterocycles. The molecule has 4 aromatic rings. The summed E-state index contributed by atoms with van der Waals surface area (Å²) in [6, 6.07) is 15.5. The molecule has 0 atom stereocenters. The van der Waals surface area contributed by atoms with Crippen LogP contribution in [-0.2, 0) is 6.42 Å². The summed E-state index contributed by atoms with van der Waals surface area (Å²) in [6.45, 7) is 2.18. The van der Waals surface area contributed by atoms with E-state index in [-0.39, 0.29) is 11.6 Å². The van der Waals surface area contributed by atoms with Crippen molar-refractivity contribution < 1.29 is 18.0 Å². The number of hydrogen-bond donors (Lipinski definition) is 2. The van der Waals surface area contributed by atoms with Crippen molar-refractivity contribution in [2.75, 3.05) is 10.6 Å². The lowest BCUT2D eigenvalue weighted by Gasteiger charge is -2.09. The lowest BCUT2D eigenvalue weighted by molar-refractivity contribution is 0.261. The molecule has 34 heavy (non-hydrogen) atoms. The number of aryl methyl sites for hydroxylation is 1. The van der Waals surface area contributed by atoms with Crippen molar-refractivity contribution in [2.24, 2.45) is 0 Å². The topological polar surface area (TPSA) is 54.3 Å². The third-order valence-electron chi connectivity index (χ3n) is 5.62. The van der Waals surface area contributed by atoms with Gasteiger partial charge in [0, 0.05) is 22.0 Å². The zero-order valence-corrected chi connectivity index (χ0v) is 19.5. The summed E-state index contributed by atoms with van der Waals surface area (Å²) in [5, 5.41) is 6.38. The van der Waals surface area contributed by atoms with Crippen molar-refractivity contribution >= 4 is 40.2 Å². The van der Waals surface area contributed by atoms with Crippen molar-refractivity contribution in [3.8, 4) is 11.1 Å². The molecule has 0 spiro atoms. The Morgan fingerprint density at radius 3 is 2.56 bits per heavy atom. The Bertz CT molecular complexity index is 1320. The molecule has 176 valence electrons. The van der Waals surface area contributed by atoms with Crippen LogP contribution >= 0.6 is 11.6 Å². The predicted molar refractivity (Wildman–Crippen MR) is 134 cm³/mol. The van der Waals surface area contributed by atoms with E-state index in [4.69, 9.17) is 16.0 Å². The maximum absolute atomic E-state index is 14.0. The van der Waals surface area contributed by atoms with Gasteiger partial charge in [0.2, 0.25) is 5.88 Å². The molecule has 3 aromatic carbocycles. The van der Waals surface area contributed by atoms with Crippen molar-refractivity contribution in [3.63, 3.8) is 0 Å². The van der Waals surface area contributed by atoms with Gasteiger partial charge in [-0.3, -0.25) is 5.32 Å². The van der Waals surface area contributed by atoms with Crippen LogP contribution in [0.5, 0.6) is 0 Å². The molecule has 4 nitrogen and oxygen atoms in total. The number of unbranched alkanes of at least 4 members (excludes halogenated alkanes) is 3. The zero-order valence-electron chi connectivity index (χ0n) is 18.8. The number of halogens is 3. The van der Waals surface area contributed by atoms with Crippen molar-refractivity contribution in [1.29, 1.82) is 0 Å². The van der Waals surface area contributed by atoms with Gasteiger partial charge in [0.15, 0.2) is 0 Å². The highest BCUT2D eigenvalue weighted by Crippen LogP contribution is 2.42. The SMILES string of the molecule is CCCCCCc1ccc2oc(NC(=O)Nc3ccc(F)cc3F)c(-c3ccccc3Cl)c2c1. The molecule has 0 aliphatic heterocycles. The van der Waals surface area contributed by atoms with E-state index in [0.29, 0.717) is 27.8 Å². The van der Waals surface area contributed by atoms with Gasteiger partial charge in [-0.2, -0.15) is 0 Å². The standard InChI is InChI=1S/C27H25ClF2N2O2/c1-2-3-4-5-8-17-11-14-24-20(15-17)25(19-9-6-7-10-21(19)28)26(34-24)32-27(33)31-23-13-12-18(29)16-22(23)30/h6-7,9-16H,2-5,8H2,1H3,(H2,31,32,33). The summed E-state index contributed by atoms with van der Waals surface area (Å²) >= 11 is 6.49. The van der Waals surface area contributed by atoms with Gasteiger partial charge < -0.3 is 9.73 Å². The van der Waals surface area contributed by atoms with Gasteiger partial charge in [0.25, 0.3) is 0 Å². The van der Waals surface area contributed by atoms with Crippen LogP contribution in [0.2, 0.25) is 5.02 Å². The largest absolute Gasteiger partial charge is 0.440 e. The smallest absolute Gasteiger partial charge is 0.326 e. The lowest BCUT2D eigenvalue weighted by Crippen LogP contribution is -2.20. The highest BCUT2D eigenvalue weighted by Gasteiger charge is 2.21. The molecular formula is C27H25ClF2N2O2. The maximum atomic E-state index is 14.0. The number of urea groups is 1. The van der Waals surface area contributed by atoms with Crippen LogP contribution in [0.3, 0.4) is 0 Å². The quantitative estimate of drug-likeness (QED) is 0.246. The number of fused-ring (bicyclic) bond motifs is 1. The normalized spacial score (nSPS) is 11.1. The Morgan fingerprint density at radius 2 is 1.79 bits per heavy atom. The first-order valence-electron chi connectivity index (χ1n) is 11.3. The van der Waals surface area contributed by atoms with Gasteiger partial charge in [-0.25, -0.2) is 13.6 Å². The van der Waals surface area contributed by atoms with Crippen molar-refractivity contribution in [1.82, 2.24) is 0 Å². The van der Waals surface area contributed by atoms with E-state index >= 15 is 0 Å². The minimum atomic E-state index is -0.876. The number of anilines is 2.